The summed E-state index contributed by atoms with van der Waals surface area (Å²) in [5, 5.41) is 1.08. The Kier molecular flexibility index (Phi) is 4.22. The van der Waals surface area contributed by atoms with Crippen LogP contribution in [-0.4, -0.2) is 34.9 Å². The molecule has 3 aromatic rings. The van der Waals surface area contributed by atoms with E-state index < -0.39 is 12.0 Å². The molecule has 2 atom stereocenters. The third-order valence-corrected chi connectivity index (χ3v) is 5.36. The van der Waals surface area contributed by atoms with Crippen LogP contribution in [0.4, 0.5) is 0 Å². The van der Waals surface area contributed by atoms with E-state index >= 15 is 0 Å². The molecule has 1 aliphatic rings. The standard InChI is InChI=1S/C22H22N2O3/c1-13-8-10-15(11-9-13)21-20-17(16-6-4-5-7-18(16)23-20)12-19(22(26)27-3)24(21)14(2)25/h4-11,19,21,23H,12H2,1-3H3/t19-,21+/m0/s1. The monoisotopic (exact) mass is 362 g/mol. The van der Waals surface area contributed by atoms with Crippen LogP contribution in [0.15, 0.2) is 48.5 Å². The second kappa shape index (κ2) is 6.58. The number of rotatable bonds is 2. The predicted octanol–water partition coefficient (Wildman–Crippen LogP) is 3.51. The van der Waals surface area contributed by atoms with Crippen molar-refractivity contribution < 1.29 is 14.3 Å². The van der Waals surface area contributed by atoms with Crippen molar-refractivity contribution in [3.63, 3.8) is 0 Å². The van der Waals surface area contributed by atoms with Crippen molar-refractivity contribution in [1.29, 1.82) is 0 Å². The summed E-state index contributed by atoms with van der Waals surface area (Å²) in [5.74, 6) is -0.543. The van der Waals surface area contributed by atoms with Crippen LogP contribution in [0.1, 0.15) is 35.3 Å². The van der Waals surface area contributed by atoms with E-state index in [9.17, 15) is 9.59 Å². The molecule has 27 heavy (non-hydrogen) atoms. The van der Waals surface area contributed by atoms with Crippen LogP contribution in [0.2, 0.25) is 0 Å². The molecule has 0 fully saturated rings. The topological polar surface area (TPSA) is 62.4 Å². The van der Waals surface area contributed by atoms with Gasteiger partial charge in [0.2, 0.25) is 5.91 Å². The molecule has 1 aliphatic heterocycles. The Labute approximate surface area is 157 Å². The van der Waals surface area contributed by atoms with Crippen LogP contribution < -0.4 is 0 Å². The van der Waals surface area contributed by atoms with Gasteiger partial charge in [0.1, 0.15) is 6.04 Å². The largest absolute Gasteiger partial charge is 0.467 e. The quantitative estimate of drug-likeness (QED) is 0.710. The molecule has 138 valence electrons. The molecule has 2 aromatic carbocycles. The maximum atomic E-state index is 12.6. The lowest BCUT2D eigenvalue weighted by Gasteiger charge is -2.40. The number of nitrogens with one attached hydrogen (secondary N) is 1. The number of carbonyl (C=O) groups is 2. The number of H-pyrrole nitrogens is 1. The summed E-state index contributed by atoms with van der Waals surface area (Å²) in [6, 6.07) is 15.1. The van der Waals surface area contributed by atoms with E-state index in [0.717, 1.165) is 33.3 Å². The SMILES string of the molecule is COC(=O)[C@@H]1Cc2c([nH]c3ccccc23)[C@@H](c2ccc(C)cc2)N1C(C)=O. The van der Waals surface area contributed by atoms with Crippen molar-refractivity contribution in [1.82, 2.24) is 9.88 Å². The highest BCUT2D eigenvalue weighted by Crippen LogP contribution is 2.41. The van der Waals surface area contributed by atoms with Crippen molar-refractivity contribution in [2.45, 2.75) is 32.4 Å². The highest BCUT2D eigenvalue weighted by molar-refractivity contribution is 5.90. The maximum Gasteiger partial charge on any atom is 0.328 e. The van der Waals surface area contributed by atoms with Gasteiger partial charge in [-0.1, -0.05) is 48.0 Å². The van der Waals surface area contributed by atoms with Gasteiger partial charge in [-0.05, 0) is 24.1 Å². The first-order valence-corrected chi connectivity index (χ1v) is 9.04. The number of aromatic nitrogens is 1. The number of para-hydroxylation sites is 1. The molecule has 0 saturated carbocycles. The van der Waals surface area contributed by atoms with Crippen LogP contribution in [-0.2, 0) is 20.7 Å². The highest BCUT2D eigenvalue weighted by Gasteiger charge is 2.42. The summed E-state index contributed by atoms with van der Waals surface area (Å²) >= 11 is 0. The Morgan fingerprint density at radius 1 is 1.11 bits per heavy atom. The van der Waals surface area contributed by atoms with Crippen LogP contribution in [0, 0.1) is 6.92 Å². The molecule has 0 bridgehead atoms. The fourth-order valence-electron chi connectivity index (χ4n) is 4.10. The summed E-state index contributed by atoms with van der Waals surface area (Å²) in [4.78, 5) is 30.3. The molecule has 0 aliphatic carbocycles. The normalized spacial score (nSPS) is 19.0. The Hall–Kier alpha value is -3.08. The molecular formula is C22H22N2O3. The number of carbonyl (C=O) groups excluding carboxylic acids is 2. The van der Waals surface area contributed by atoms with E-state index in [2.05, 4.69) is 11.1 Å². The highest BCUT2D eigenvalue weighted by atomic mass is 16.5. The van der Waals surface area contributed by atoms with Crippen molar-refractivity contribution >= 4 is 22.8 Å². The summed E-state index contributed by atoms with van der Waals surface area (Å²) in [6.07, 6.45) is 0.438. The van der Waals surface area contributed by atoms with Crippen molar-refractivity contribution in [2.75, 3.05) is 7.11 Å². The first kappa shape index (κ1) is 17.3. The van der Waals surface area contributed by atoms with Gasteiger partial charge < -0.3 is 14.6 Å². The third-order valence-electron chi connectivity index (χ3n) is 5.36. The fraction of sp³-hybridized carbons (Fsp3) is 0.273. The molecule has 4 rings (SSSR count). The van der Waals surface area contributed by atoms with E-state index in [0.29, 0.717) is 6.42 Å². The van der Waals surface area contributed by atoms with E-state index in [4.69, 9.17) is 4.74 Å². The van der Waals surface area contributed by atoms with E-state index in [1.807, 2.05) is 49.4 Å². The predicted molar refractivity (Wildman–Crippen MR) is 103 cm³/mol. The molecule has 0 unspecified atom stereocenters. The number of hydrogen-bond acceptors (Lipinski definition) is 3. The summed E-state index contributed by atoms with van der Waals surface area (Å²) in [5.41, 5.74) is 5.16. The number of aromatic amines is 1. The number of methoxy groups -OCH3 is 1. The molecule has 5 heteroatoms. The van der Waals surface area contributed by atoms with Gasteiger partial charge in [0, 0.05) is 29.9 Å². The molecule has 1 N–H and O–H groups in total. The molecule has 0 radical (unpaired) electrons. The van der Waals surface area contributed by atoms with Crippen LogP contribution >= 0.6 is 0 Å². The minimum absolute atomic E-state index is 0.153. The van der Waals surface area contributed by atoms with Gasteiger partial charge in [0.15, 0.2) is 0 Å². The van der Waals surface area contributed by atoms with Gasteiger partial charge in [-0.25, -0.2) is 4.79 Å². The molecular weight excluding hydrogens is 340 g/mol. The zero-order valence-electron chi connectivity index (χ0n) is 15.7. The number of fused-ring (bicyclic) bond motifs is 3. The number of nitrogens with zero attached hydrogens (tertiary/aromatic N) is 1. The Morgan fingerprint density at radius 3 is 2.48 bits per heavy atom. The number of amides is 1. The van der Waals surface area contributed by atoms with E-state index in [1.54, 1.807) is 4.90 Å². The lowest BCUT2D eigenvalue weighted by atomic mass is 9.87. The summed E-state index contributed by atoms with van der Waals surface area (Å²) in [7, 11) is 1.37. The van der Waals surface area contributed by atoms with Gasteiger partial charge in [0.05, 0.1) is 13.2 Å². The number of benzene rings is 2. The van der Waals surface area contributed by atoms with Crippen LogP contribution in [0.25, 0.3) is 10.9 Å². The first-order valence-electron chi connectivity index (χ1n) is 9.04. The average molecular weight is 362 g/mol. The van der Waals surface area contributed by atoms with Crippen molar-refractivity contribution in [3.8, 4) is 0 Å². The molecule has 0 saturated heterocycles. The molecule has 1 aromatic heterocycles. The lowest BCUT2D eigenvalue weighted by Crippen LogP contribution is -2.51. The van der Waals surface area contributed by atoms with Crippen molar-refractivity contribution in [3.05, 3.63) is 70.9 Å². The number of hydrogen-bond donors (Lipinski definition) is 1. The van der Waals surface area contributed by atoms with Gasteiger partial charge >= 0.3 is 5.97 Å². The number of ether oxygens (including phenoxy) is 1. The number of aryl methyl sites for hydroxylation is 1. The smallest absolute Gasteiger partial charge is 0.328 e. The second-order valence-electron chi connectivity index (χ2n) is 7.05. The minimum atomic E-state index is -0.648. The molecule has 0 spiro atoms. The van der Waals surface area contributed by atoms with Crippen LogP contribution in [0.5, 0.6) is 0 Å². The van der Waals surface area contributed by atoms with E-state index in [-0.39, 0.29) is 11.9 Å². The zero-order valence-corrected chi connectivity index (χ0v) is 15.7. The Balaban J connectivity index is 1.98. The molecule has 5 nitrogen and oxygen atoms in total. The van der Waals surface area contributed by atoms with Gasteiger partial charge in [-0.2, -0.15) is 0 Å². The third kappa shape index (κ3) is 2.79. The zero-order chi connectivity index (χ0) is 19.1. The van der Waals surface area contributed by atoms with Crippen LogP contribution in [0.3, 0.4) is 0 Å². The van der Waals surface area contributed by atoms with Gasteiger partial charge in [-0.15, -0.1) is 0 Å². The maximum absolute atomic E-state index is 12.6. The summed E-state index contributed by atoms with van der Waals surface area (Å²) < 4.78 is 5.03. The van der Waals surface area contributed by atoms with Gasteiger partial charge in [-0.3, -0.25) is 4.79 Å². The van der Waals surface area contributed by atoms with E-state index in [1.165, 1.54) is 14.0 Å². The molecule has 1 amide bonds. The minimum Gasteiger partial charge on any atom is -0.467 e. The Bertz CT molecular complexity index is 1020. The lowest BCUT2D eigenvalue weighted by molar-refractivity contribution is -0.154. The number of esters is 1. The molecule has 2 heterocycles. The average Bonchev–Trinajstić information content (AvgIpc) is 3.05. The second-order valence-corrected chi connectivity index (χ2v) is 7.05. The Morgan fingerprint density at radius 2 is 1.81 bits per heavy atom. The van der Waals surface area contributed by atoms with Gasteiger partial charge in [0.25, 0.3) is 0 Å². The van der Waals surface area contributed by atoms with Crippen molar-refractivity contribution in [2.24, 2.45) is 0 Å². The summed E-state index contributed by atoms with van der Waals surface area (Å²) in [6.45, 7) is 3.53. The fourth-order valence-corrected chi connectivity index (χ4v) is 4.10. The first-order chi connectivity index (χ1) is 13.0.